The minimum absolute atomic E-state index is 0.0455. The van der Waals surface area contributed by atoms with Crippen molar-refractivity contribution in [2.75, 3.05) is 23.9 Å². The minimum Gasteiger partial charge on any atom is -0.368 e. The minimum atomic E-state index is -0.280. The summed E-state index contributed by atoms with van der Waals surface area (Å²) in [5, 5.41) is 3.22. The van der Waals surface area contributed by atoms with Crippen LogP contribution >= 0.6 is 11.8 Å². The van der Waals surface area contributed by atoms with Gasteiger partial charge in [-0.2, -0.15) is 15.0 Å². The van der Waals surface area contributed by atoms with Gasteiger partial charge in [0, 0.05) is 13.1 Å². The predicted octanol–water partition coefficient (Wildman–Crippen LogP) is 0.730. The van der Waals surface area contributed by atoms with Crippen molar-refractivity contribution in [2.24, 2.45) is 0 Å². The van der Waals surface area contributed by atoms with E-state index < -0.39 is 0 Å². The SMILES string of the molecule is CSc1nc(N)nc(N(C)C(=O)NC(C)C)n1. The van der Waals surface area contributed by atoms with Crippen molar-refractivity contribution < 1.29 is 4.79 Å². The fourth-order valence-electron chi connectivity index (χ4n) is 1.04. The Morgan fingerprint density at radius 3 is 2.59 bits per heavy atom. The van der Waals surface area contributed by atoms with E-state index in [1.54, 1.807) is 7.05 Å². The lowest BCUT2D eigenvalue weighted by Gasteiger charge is -2.18. The van der Waals surface area contributed by atoms with E-state index >= 15 is 0 Å². The second kappa shape index (κ2) is 5.67. The number of nitrogens with zero attached hydrogens (tertiary/aromatic N) is 4. The quantitative estimate of drug-likeness (QED) is 0.774. The maximum Gasteiger partial charge on any atom is 0.324 e. The molecule has 0 unspecified atom stereocenters. The highest BCUT2D eigenvalue weighted by atomic mass is 32.2. The van der Waals surface area contributed by atoms with Gasteiger partial charge in [-0.3, -0.25) is 4.90 Å². The monoisotopic (exact) mass is 256 g/mol. The summed E-state index contributed by atoms with van der Waals surface area (Å²) in [4.78, 5) is 25.0. The number of hydrogen-bond acceptors (Lipinski definition) is 6. The van der Waals surface area contributed by atoms with Crippen LogP contribution in [-0.2, 0) is 0 Å². The van der Waals surface area contributed by atoms with E-state index in [-0.39, 0.29) is 24.0 Å². The van der Waals surface area contributed by atoms with Gasteiger partial charge in [-0.1, -0.05) is 11.8 Å². The number of aromatic nitrogens is 3. The average Bonchev–Trinajstić information content (AvgIpc) is 2.26. The number of nitrogen functional groups attached to an aromatic ring is 1. The third-order valence-corrected chi connectivity index (χ3v) is 2.37. The van der Waals surface area contributed by atoms with Crippen LogP contribution in [0.5, 0.6) is 0 Å². The highest BCUT2D eigenvalue weighted by molar-refractivity contribution is 7.98. The van der Waals surface area contributed by atoms with Gasteiger partial charge < -0.3 is 11.1 Å². The second-order valence-corrected chi connectivity index (χ2v) is 4.42. The normalized spacial score (nSPS) is 10.4. The Morgan fingerprint density at radius 1 is 1.41 bits per heavy atom. The van der Waals surface area contributed by atoms with Gasteiger partial charge >= 0.3 is 6.03 Å². The van der Waals surface area contributed by atoms with E-state index in [1.165, 1.54) is 16.7 Å². The fourth-order valence-corrected chi connectivity index (χ4v) is 1.39. The summed E-state index contributed by atoms with van der Waals surface area (Å²) in [6.07, 6.45) is 1.83. The molecule has 0 aliphatic rings. The third-order valence-electron chi connectivity index (χ3n) is 1.82. The highest BCUT2D eigenvalue weighted by Crippen LogP contribution is 2.14. The van der Waals surface area contributed by atoms with E-state index in [0.717, 1.165) is 0 Å². The molecule has 94 valence electrons. The summed E-state index contributed by atoms with van der Waals surface area (Å²) in [6.45, 7) is 3.75. The van der Waals surface area contributed by atoms with Gasteiger partial charge in [0.05, 0.1) is 0 Å². The summed E-state index contributed by atoms with van der Waals surface area (Å²) >= 11 is 1.34. The van der Waals surface area contributed by atoms with Crippen molar-refractivity contribution in [1.82, 2.24) is 20.3 Å². The molecule has 0 radical (unpaired) electrons. The molecule has 0 aromatic carbocycles. The van der Waals surface area contributed by atoms with Crippen LogP contribution < -0.4 is 16.0 Å². The lowest BCUT2D eigenvalue weighted by molar-refractivity contribution is 0.245. The summed E-state index contributed by atoms with van der Waals surface area (Å²) < 4.78 is 0. The second-order valence-electron chi connectivity index (χ2n) is 3.64. The van der Waals surface area contributed by atoms with Crippen LogP contribution in [0.1, 0.15) is 13.8 Å². The predicted molar refractivity (Wildman–Crippen MR) is 68.1 cm³/mol. The van der Waals surface area contributed by atoms with Crippen molar-refractivity contribution in [3.63, 3.8) is 0 Å². The number of carbonyl (C=O) groups excluding carboxylic acids is 1. The molecular weight excluding hydrogens is 240 g/mol. The van der Waals surface area contributed by atoms with Gasteiger partial charge in [-0.25, -0.2) is 4.79 Å². The Morgan fingerprint density at radius 2 is 2.06 bits per heavy atom. The van der Waals surface area contributed by atoms with Crippen LogP contribution in [0.4, 0.5) is 16.7 Å². The van der Waals surface area contributed by atoms with E-state index in [2.05, 4.69) is 20.3 Å². The van der Waals surface area contributed by atoms with E-state index in [1.807, 2.05) is 20.1 Å². The van der Waals surface area contributed by atoms with E-state index in [0.29, 0.717) is 5.16 Å². The Labute approximate surface area is 104 Å². The molecule has 17 heavy (non-hydrogen) atoms. The lowest BCUT2D eigenvalue weighted by Crippen LogP contribution is -2.41. The highest BCUT2D eigenvalue weighted by Gasteiger charge is 2.15. The van der Waals surface area contributed by atoms with Crippen LogP contribution in [0, 0.1) is 0 Å². The van der Waals surface area contributed by atoms with Crippen LogP contribution in [0.25, 0.3) is 0 Å². The Balaban J connectivity index is 2.91. The molecule has 0 fully saturated rings. The topological polar surface area (TPSA) is 97.0 Å². The molecule has 0 bridgehead atoms. The first kappa shape index (κ1) is 13.5. The summed E-state index contributed by atoms with van der Waals surface area (Å²) in [5.74, 6) is 0.337. The van der Waals surface area contributed by atoms with Crippen molar-refractivity contribution in [3.05, 3.63) is 0 Å². The molecule has 0 aliphatic heterocycles. The van der Waals surface area contributed by atoms with Crippen molar-refractivity contribution in [1.29, 1.82) is 0 Å². The molecule has 2 amide bonds. The first-order chi connectivity index (χ1) is 7.93. The average molecular weight is 256 g/mol. The van der Waals surface area contributed by atoms with Crippen LogP contribution in [0.3, 0.4) is 0 Å². The molecule has 1 aromatic heterocycles. The van der Waals surface area contributed by atoms with Crippen LogP contribution in [0.2, 0.25) is 0 Å². The molecule has 1 rings (SSSR count). The van der Waals surface area contributed by atoms with Crippen LogP contribution in [0.15, 0.2) is 5.16 Å². The molecule has 8 heteroatoms. The van der Waals surface area contributed by atoms with Crippen molar-refractivity contribution in [3.8, 4) is 0 Å². The Bertz CT molecular complexity index is 410. The first-order valence-electron chi connectivity index (χ1n) is 5.03. The molecule has 0 saturated heterocycles. The van der Waals surface area contributed by atoms with Gasteiger partial charge in [0.15, 0.2) is 5.16 Å². The Kier molecular flexibility index (Phi) is 4.50. The molecule has 3 N–H and O–H groups in total. The number of anilines is 2. The van der Waals surface area contributed by atoms with Crippen molar-refractivity contribution >= 4 is 29.7 Å². The maximum absolute atomic E-state index is 11.7. The summed E-state index contributed by atoms with van der Waals surface area (Å²) in [6, 6.07) is -0.234. The molecule has 1 heterocycles. The lowest BCUT2D eigenvalue weighted by atomic mass is 10.4. The number of nitrogens with two attached hydrogens (primary N) is 1. The van der Waals surface area contributed by atoms with Gasteiger partial charge in [-0.05, 0) is 20.1 Å². The number of thioether (sulfide) groups is 1. The van der Waals surface area contributed by atoms with Gasteiger partial charge in [0.1, 0.15) is 0 Å². The molecule has 0 atom stereocenters. The largest absolute Gasteiger partial charge is 0.368 e. The third kappa shape index (κ3) is 3.74. The number of nitrogens with one attached hydrogen (secondary N) is 1. The number of urea groups is 1. The molecule has 0 aliphatic carbocycles. The first-order valence-corrected chi connectivity index (χ1v) is 6.26. The Hall–Kier alpha value is -1.57. The zero-order valence-corrected chi connectivity index (χ0v) is 11.1. The zero-order chi connectivity index (χ0) is 13.0. The molecular formula is C9H16N6OS. The van der Waals surface area contributed by atoms with Crippen LogP contribution in [-0.4, -0.2) is 40.3 Å². The van der Waals surface area contributed by atoms with Gasteiger partial charge in [0.2, 0.25) is 11.9 Å². The fraction of sp³-hybridized carbons (Fsp3) is 0.556. The summed E-state index contributed by atoms with van der Waals surface area (Å²) in [7, 11) is 1.58. The number of carbonyl (C=O) groups is 1. The molecule has 0 saturated carbocycles. The van der Waals surface area contributed by atoms with Crippen molar-refractivity contribution in [2.45, 2.75) is 25.0 Å². The standard InChI is InChI=1S/C9H16N6OS/c1-5(2)11-9(16)15(3)7-12-6(10)13-8(14-7)17-4/h5H,1-4H3,(H,11,16)(H2,10,12,13,14). The van der Waals surface area contributed by atoms with E-state index in [4.69, 9.17) is 5.73 Å². The number of rotatable bonds is 3. The molecule has 7 nitrogen and oxygen atoms in total. The molecule has 0 spiro atoms. The number of hydrogen-bond donors (Lipinski definition) is 2. The smallest absolute Gasteiger partial charge is 0.324 e. The maximum atomic E-state index is 11.7. The zero-order valence-electron chi connectivity index (χ0n) is 10.3. The summed E-state index contributed by atoms with van der Waals surface area (Å²) in [5.41, 5.74) is 5.54. The van der Waals surface area contributed by atoms with E-state index in [9.17, 15) is 4.79 Å². The van der Waals surface area contributed by atoms with Gasteiger partial charge in [0.25, 0.3) is 0 Å². The number of amides is 2. The van der Waals surface area contributed by atoms with Gasteiger partial charge in [-0.15, -0.1) is 0 Å². The molecule has 1 aromatic rings.